The Balaban J connectivity index is 1.65. The molecule has 1 aliphatic heterocycles. The quantitative estimate of drug-likeness (QED) is 0.863. The third-order valence-electron chi connectivity index (χ3n) is 4.09. The zero-order valence-corrected chi connectivity index (χ0v) is 15.1. The number of hydrogen-bond acceptors (Lipinski definition) is 3. The molecule has 0 spiro atoms. The van der Waals surface area contributed by atoms with Gasteiger partial charge in [0.1, 0.15) is 0 Å². The van der Waals surface area contributed by atoms with Gasteiger partial charge in [0.05, 0.1) is 22.6 Å². The van der Waals surface area contributed by atoms with Crippen molar-refractivity contribution < 1.29 is 9.59 Å². The highest BCUT2D eigenvalue weighted by atomic mass is 35.5. The van der Waals surface area contributed by atoms with Crippen molar-refractivity contribution >= 4 is 46.4 Å². The lowest BCUT2D eigenvalue weighted by molar-refractivity contribution is -0.131. The lowest BCUT2D eigenvalue weighted by Gasteiger charge is -2.25. The van der Waals surface area contributed by atoms with E-state index in [0.717, 1.165) is 18.4 Å². The average molecular weight is 383 g/mol. The van der Waals surface area contributed by atoms with Gasteiger partial charge in [0.25, 0.3) is 5.91 Å². The fourth-order valence-electron chi connectivity index (χ4n) is 2.88. The minimum atomic E-state index is -0.227. The largest absolute Gasteiger partial charge is 0.343 e. The standard InChI is InChI=1S/C17H16Cl2N2O2S/c18-13-4-3-11(8-14(13)19)15-2-1-6-21(15)16(22)9-20-17(23)12-5-7-24-10-12/h3-5,7-8,10,15H,1-2,6,9H2,(H,20,23). The van der Waals surface area contributed by atoms with Crippen LogP contribution >= 0.6 is 34.5 Å². The molecule has 7 heteroatoms. The van der Waals surface area contributed by atoms with Gasteiger partial charge in [0.15, 0.2) is 0 Å². The van der Waals surface area contributed by atoms with Crippen molar-refractivity contribution in [2.75, 3.05) is 13.1 Å². The van der Waals surface area contributed by atoms with Crippen LogP contribution in [0.5, 0.6) is 0 Å². The van der Waals surface area contributed by atoms with Gasteiger partial charge >= 0.3 is 0 Å². The van der Waals surface area contributed by atoms with Crippen LogP contribution in [0.2, 0.25) is 10.0 Å². The molecule has 1 unspecified atom stereocenters. The number of benzene rings is 1. The SMILES string of the molecule is O=C(NCC(=O)N1CCCC1c1ccc(Cl)c(Cl)c1)c1ccsc1. The lowest BCUT2D eigenvalue weighted by atomic mass is 10.0. The summed E-state index contributed by atoms with van der Waals surface area (Å²) >= 11 is 13.5. The van der Waals surface area contributed by atoms with Gasteiger partial charge in [0.2, 0.25) is 5.91 Å². The molecule has 0 aliphatic carbocycles. The second-order valence-electron chi connectivity index (χ2n) is 5.61. The van der Waals surface area contributed by atoms with Crippen molar-refractivity contribution in [2.45, 2.75) is 18.9 Å². The van der Waals surface area contributed by atoms with Crippen molar-refractivity contribution in [1.82, 2.24) is 10.2 Å². The van der Waals surface area contributed by atoms with Gasteiger partial charge in [0, 0.05) is 17.5 Å². The van der Waals surface area contributed by atoms with Crippen molar-refractivity contribution in [3.8, 4) is 0 Å². The number of carbonyl (C=O) groups excluding carboxylic acids is 2. The minimum absolute atomic E-state index is 0.00744. The Bertz CT molecular complexity index is 749. The van der Waals surface area contributed by atoms with Crippen LogP contribution in [0.15, 0.2) is 35.0 Å². The predicted molar refractivity (Wildman–Crippen MR) is 96.8 cm³/mol. The molecule has 0 saturated carbocycles. The number of rotatable bonds is 4. The molecule has 1 aromatic carbocycles. The van der Waals surface area contributed by atoms with Crippen LogP contribution in [-0.2, 0) is 4.79 Å². The molecule has 1 saturated heterocycles. The second kappa shape index (κ2) is 7.55. The molecule has 4 nitrogen and oxygen atoms in total. The van der Waals surface area contributed by atoms with Crippen molar-refractivity contribution in [2.24, 2.45) is 0 Å². The first-order valence-corrected chi connectivity index (χ1v) is 9.31. The summed E-state index contributed by atoms with van der Waals surface area (Å²) in [7, 11) is 0. The van der Waals surface area contributed by atoms with E-state index in [-0.39, 0.29) is 24.4 Å². The molecule has 1 aromatic heterocycles. The van der Waals surface area contributed by atoms with Crippen LogP contribution in [0, 0.1) is 0 Å². The Morgan fingerprint density at radius 2 is 2.08 bits per heavy atom. The van der Waals surface area contributed by atoms with Crippen LogP contribution in [0.25, 0.3) is 0 Å². The third-order valence-corrected chi connectivity index (χ3v) is 5.51. The van der Waals surface area contributed by atoms with Gasteiger partial charge in [-0.25, -0.2) is 0 Å². The number of hydrogen-bond donors (Lipinski definition) is 1. The van der Waals surface area contributed by atoms with Gasteiger partial charge in [-0.3, -0.25) is 9.59 Å². The smallest absolute Gasteiger partial charge is 0.252 e. The fourth-order valence-corrected chi connectivity index (χ4v) is 3.83. The van der Waals surface area contributed by atoms with Gasteiger partial charge in [-0.15, -0.1) is 0 Å². The summed E-state index contributed by atoms with van der Waals surface area (Å²) in [6.45, 7) is 0.671. The monoisotopic (exact) mass is 382 g/mol. The molecule has 126 valence electrons. The zero-order chi connectivity index (χ0) is 17.1. The van der Waals surface area contributed by atoms with E-state index in [4.69, 9.17) is 23.2 Å². The first kappa shape index (κ1) is 17.3. The number of halogens is 2. The van der Waals surface area contributed by atoms with Gasteiger partial charge in [-0.05, 0) is 42.0 Å². The van der Waals surface area contributed by atoms with Crippen molar-refractivity contribution in [3.05, 3.63) is 56.2 Å². The Morgan fingerprint density at radius 3 is 2.79 bits per heavy atom. The number of carbonyl (C=O) groups is 2. The first-order valence-electron chi connectivity index (χ1n) is 7.61. The molecule has 1 N–H and O–H groups in total. The van der Waals surface area contributed by atoms with E-state index in [0.29, 0.717) is 22.2 Å². The number of nitrogens with one attached hydrogen (secondary N) is 1. The van der Waals surface area contributed by atoms with E-state index in [1.807, 2.05) is 17.5 Å². The molecule has 3 rings (SSSR count). The van der Waals surface area contributed by atoms with Crippen LogP contribution in [-0.4, -0.2) is 29.8 Å². The summed E-state index contributed by atoms with van der Waals surface area (Å²) in [5.41, 5.74) is 1.55. The average Bonchev–Trinajstić information content (AvgIpc) is 3.26. The third kappa shape index (κ3) is 3.74. The maximum atomic E-state index is 12.5. The Kier molecular flexibility index (Phi) is 5.43. The van der Waals surface area contributed by atoms with Gasteiger partial charge in [-0.1, -0.05) is 29.3 Å². The van der Waals surface area contributed by atoms with Crippen molar-refractivity contribution in [1.29, 1.82) is 0 Å². The minimum Gasteiger partial charge on any atom is -0.343 e. The van der Waals surface area contributed by atoms with Gasteiger partial charge in [-0.2, -0.15) is 11.3 Å². The summed E-state index contributed by atoms with van der Waals surface area (Å²) in [6, 6.07) is 7.17. The Labute approximate surface area is 154 Å². The number of likely N-dealkylation sites (tertiary alicyclic amines) is 1. The molecule has 0 bridgehead atoms. The zero-order valence-electron chi connectivity index (χ0n) is 12.8. The van der Waals surface area contributed by atoms with Crippen LogP contribution in [0.3, 0.4) is 0 Å². The van der Waals surface area contributed by atoms with Crippen molar-refractivity contribution in [3.63, 3.8) is 0 Å². The Morgan fingerprint density at radius 1 is 1.25 bits per heavy atom. The number of amides is 2. The van der Waals surface area contributed by atoms with Crippen LogP contribution in [0.1, 0.15) is 34.8 Å². The number of nitrogens with zero attached hydrogens (tertiary/aromatic N) is 1. The van der Waals surface area contributed by atoms with E-state index < -0.39 is 0 Å². The van der Waals surface area contributed by atoms with Crippen LogP contribution in [0.4, 0.5) is 0 Å². The summed E-state index contributed by atoms with van der Waals surface area (Å²) in [5.74, 6) is -0.318. The maximum absolute atomic E-state index is 12.5. The molecule has 2 heterocycles. The molecule has 24 heavy (non-hydrogen) atoms. The summed E-state index contributed by atoms with van der Waals surface area (Å²) in [5, 5.41) is 7.26. The summed E-state index contributed by atoms with van der Waals surface area (Å²) in [4.78, 5) is 26.3. The van der Waals surface area contributed by atoms with Crippen LogP contribution < -0.4 is 5.32 Å². The van der Waals surface area contributed by atoms with Gasteiger partial charge < -0.3 is 10.2 Å². The highest BCUT2D eigenvalue weighted by Gasteiger charge is 2.30. The van der Waals surface area contributed by atoms with E-state index >= 15 is 0 Å². The molecule has 0 radical (unpaired) electrons. The molecule has 1 fully saturated rings. The molecular weight excluding hydrogens is 367 g/mol. The molecule has 1 atom stereocenters. The molecule has 2 aromatic rings. The number of thiophene rings is 1. The second-order valence-corrected chi connectivity index (χ2v) is 7.21. The molecular formula is C17H16Cl2N2O2S. The summed E-state index contributed by atoms with van der Waals surface area (Å²) in [6.07, 6.45) is 1.80. The normalized spacial score (nSPS) is 17.1. The van der Waals surface area contributed by atoms with E-state index in [9.17, 15) is 9.59 Å². The van der Waals surface area contributed by atoms with E-state index in [1.165, 1.54) is 11.3 Å². The highest BCUT2D eigenvalue weighted by molar-refractivity contribution is 7.08. The van der Waals surface area contributed by atoms with E-state index in [2.05, 4.69) is 5.32 Å². The molecule has 1 aliphatic rings. The lowest BCUT2D eigenvalue weighted by Crippen LogP contribution is -2.39. The fraction of sp³-hybridized carbons (Fsp3) is 0.294. The maximum Gasteiger partial charge on any atom is 0.252 e. The Hall–Kier alpha value is -1.56. The summed E-state index contributed by atoms with van der Waals surface area (Å²) < 4.78 is 0. The highest BCUT2D eigenvalue weighted by Crippen LogP contribution is 2.34. The topological polar surface area (TPSA) is 49.4 Å². The van der Waals surface area contributed by atoms with E-state index in [1.54, 1.807) is 22.4 Å². The molecule has 2 amide bonds. The first-order chi connectivity index (χ1) is 11.6. The predicted octanol–water partition coefficient (Wildman–Crippen LogP) is 4.15.